The van der Waals surface area contributed by atoms with Crippen molar-refractivity contribution in [2.75, 3.05) is 32.8 Å². The number of para-hydroxylation sites is 1. The molecule has 3 heteroatoms. The van der Waals surface area contributed by atoms with Gasteiger partial charge in [-0.15, -0.1) is 0 Å². The van der Waals surface area contributed by atoms with Crippen molar-refractivity contribution in [2.24, 2.45) is 0 Å². The van der Waals surface area contributed by atoms with Crippen LogP contribution in [0.15, 0.2) is 48.5 Å². The maximum Gasteiger partial charge on any atom is 0.164 e. The maximum atomic E-state index is 6.21. The zero-order chi connectivity index (χ0) is 19.3. The first-order valence-corrected chi connectivity index (χ1v) is 10.4. The number of hydrogen-bond acceptors (Lipinski definition) is 3. The molecule has 0 fully saturated rings. The van der Waals surface area contributed by atoms with E-state index in [0.717, 1.165) is 63.4 Å². The van der Waals surface area contributed by atoms with E-state index in [4.69, 9.17) is 9.47 Å². The smallest absolute Gasteiger partial charge is 0.164 e. The van der Waals surface area contributed by atoms with E-state index in [1.165, 1.54) is 11.1 Å². The van der Waals surface area contributed by atoms with Crippen LogP contribution in [0.2, 0.25) is 0 Å². The van der Waals surface area contributed by atoms with E-state index in [0.29, 0.717) is 6.61 Å². The summed E-state index contributed by atoms with van der Waals surface area (Å²) in [6.45, 7) is 11.2. The van der Waals surface area contributed by atoms with Crippen molar-refractivity contribution in [2.45, 2.75) is 46.5 Å². The molecule has 0 aliphatic carbocycles. The first-order chi connectivity index (χ1) is 13.3. The molecule has 0 saturated heterocycles. The molecule has 0 bridgehead atoms. The number of nitrogens with zero attached hydrogens (tertiary/aromatic N) is 1. The zero-order valence-electron chi connectivity index (χ0n) is 17.2. The van der Waals surface area contributed by atoms with E-state index in [1.807, 2.05) is 13.0 Å². The van der Waals surface area contributed by atoms with Crippen LogP contribution in [0, 0.1) is 0 Å². The van der Waals surface area contributed by atoms with Crippen molar-refractivity contribution in [1.29, 1.82) is 0 Å². The summed E-state index contributed by atoms with van der Waals surface area (Å²) in [5.74, 6) is 1.80. The van der Waals surface area contributed by atoms with E-state index in [1.54, 1.807) is 0 Å². The highest BCUT2D eigenvalue weighted by Crippen LogP contribution is 2.32. The monoisotopic (exact) mass is 369 g/mol. The fourth-order valence-electron chi connectivity index (χ4n) is 3.27. The first-order valence-electron chi connectivity index (χ1n) is 10.4. The summed E-state index contributed by atoms with van der Waals surface area (Å²) in [5, 5.41) is 0. The van der Waals surface area contributed by atoms with Crippen molar-refractivity contribution in [3.63, 3.8) is 0 Å². The molecule has 2 aromatic carbocycles. The highest BCUT2D eigenvalue weighted by molar-refractivity contribution is 5.47. The molecule has 0 saturated carbocycles. The van der Waals surface area contributed by atoms with Crippen molar-refractivity contribution < 1.29 is 9.47 Å². The van der Waals surface area contributed by atoms with Crippen LogP contribution in [0.5, 0.6) is 11.5 Å². The Balaban J connectivity index is 1.95. The van der Waals surface area contributed by atoms with Crippen LogP contribution in [0.4, 0.5) is 0 Å². The highest BCUT2D eigenvalue weighted by atomic mass is 16.5. The summed E-state index contributed by atoms with van der Waals surface area (Å²) in [6.07, 6.45) is 4.20. The molecule has 0 aliphatic heterocycles. The molecule has 148 valence electrons. The van der Waals surface area contributed by atoms with E-state index in [2.05, 4.69) is 61.2 Å². The molecular formula is C24H35NO2. The van der Waals surface area contributed by atoms with E-state index >= 15 is 0 Å². The topological polar surface area (TPSA) is 21.7 Å². The number of hydrogen-bond donors (Lipinski definition) is 0. The summed E-state index contributed by atoms with van der Waals surface area (Å²) in [4.78, 5) is 2.46. The fraction of sp³-hybridized carbons (Fsp3) is 0.500. The normalized spacial score (nSPS) is 11.0. The van der Waals surface area contributed by atoms with Gasteiger partial charge in [0, 0.05) is 0 Å². The number of unbranched alkanes of at least 4 members (excludes halogenated alkanes) is 1. The molecule has 0 aromatic heterocycles. The standard InChI is InChI=1S/C24H35NO2/c1-4-25(5-2)19-10-11-20-27-24-22(15-12-16-23(24)26-6-3)18-17-21-13-8-7-9-14-21/h7-9,12-16H,4-6,10-11,17-20H2,1-3H3. The molecule has 0 aliphatic rings. The molecule has 2 rings (SSSR count). The Kier molecular flexibility index (Phi) is 9.78. The van der Waals surface area contributed by atoms with Gasteiger partial charge < -0.3 is 14.4 Å². The van der Waals surface area contributed by atoms with Gasteiger partial charge in [0.2, 0.25) is 0 Å². The first kappa shape index (κ1) is 21.3. The van der Waals surface area contributed by atoms with Gasteiger partial charge in [0.15, 0.2) is 11.5 Å². The molecule has 0 radical (unpaired) electrons. The van der Waals surface area contributed by atoms with Crippen molar-refractivity contribution in [1.82, 2.24) is 4.90 Å². The van der Waals surface area contributed by atoms with Gasteiger partial charge in [-0.25, -0.2) is 0 Å². The minimum atomic E-state index is 0.653. The highest BCUT2D eigenvalue weighted by Gasteiger charge is 2.11. The number of ether oxygens (including phenoxy) is 2. The second-order valence-electron chi connectivity index (χ2n) is 6.75. The van der Waals surface area contributed by atoms with E-state index in [-0.39, 0.29) is 0 Å². The molecule has 0 amide bonds. The minimum Gasteiger partial charge on any atom is -0.490 e. The van der Waals surface area contributed by atoms with E-state index < -0.39 is 0 Å². The van der Waals surface area contributed by atoms with Crippen molar-refractivity contribution >= 4 is 0 Å². The van der Waals surface area contributed by atoms with Gasteiger partial charge in [0.25, 0.3) is 0 Å². The van der Waals surface area contributed by atoms with Gasteiger partial charge in [0.05, 0.1) is 13.2 Å². The predicted octanol–water partition coefficient (Wildman–Crippen LogP) is 5.37. The minimum absolute atomic E-state index is 0.653. The lowest BCUT2D eigenvalue weighted by molar-refractivity contribution is 0.251. The van der Waals surface area contributed by atoms with Crippen LogP contribution < -0.4 is 9.47 Å². The summed E-state index contributed by atoms with van der Waals surface area (Å²) < 4.78 is 12.0. The van der Waals surface area contributed by atoms with Gasteiger partial charge in [-0.2, -0.15) is 0 Å². The molecule has 27 heavy (non-hydrogen) atoms. The quantitative estimate of drug-likeness (QED) is 0.443. The number of rotatable bonds is 13. The number of benzene rings is 2. The molecule has 3 nitrogen and oxygen atoms in total. The lowest BCUT2D eigenvalue weighted by Gasteiger charge is -2.18. The fourth-order valence-corrected chi connectivity index (χ4v) is 3.27. The zero-order valence-corrected chi connectivity index (χ0v) is 17.2. The SMILES string of the molecule is CCOc1cccc(CCc2ccccc2)c1OCCCCN(CC)CC. The Hall–Kier alpha value is -2.00. The molecule has 2 aromatic rings. The Morgan fingerprint density at radius 1 is 0.778 bits per heavy atom. The van der Waals surface area contributed by atoms with Gasteiger partial charge in [-0.05, 0) is 69.4 Å². The van der Waals surface area contributed by atoms with Crippen LogP contribution in [-0.2, 0) is 12.8 Å². The van der Waals surface area contributed by atoms with Crippen LogP contribution in [0.3, 0.4) is 0 Å². The van der Waals surface area contributed by atoms with Crippen LogP contribution >= 0.6 is 0 Å². The second-order valence-corrected chi connectivity index (χ2v) is 6.75. The Morgan fingerprint density at radius 2 is 1.56 bits per heavy atom. The van der Waals surface area contributed by atoms with Crippen LogP contribution in [0.1, 0.15) is 44.7 Å². The average Bonchev–Trinajstić information content (AvgIpc) is 2.71. The Morgan fingerprint density at radius 3 is 2.26 bits per heavy atom. The van der Waals surface area contributed by atoms with Gasteiger partial charge in [-0.1, -0.05) is 56.3 Å². The van der Waals surface area contributed by atoms with Crippen LogP contribution in [-0.4, -0.2) is 37.7 Å². The van der Waals surface area contributed by atoms with Crippen molar-refractivity contribution in [3.05, 3.63) is 59.7 Å². The Labute approximate surface area is 165 Å². The maximum absolute atomic E-state index is 6.21. The lowest BCUT2D eigenvalue weighted by Crippen LogP contribution is -2.24. The number of aryl methyl sites for hydroxylation is 2. The summed E-state index contributed by atoms with van der Waals surface area (Å²) >= 11 is 0. The summed E-state index contributed by atoms with van der Waals surface area (Å²) in [5.41, 5.74) is 2.58. The van der Waals surface area contributed by atoms with Crippen LogP contribution in [0.25, 0.3) is 0 Å². The molecular weight excluding hydrogens is 334 g/mol. The predicted molar refractivity (Wildman–Crippen MR) is 114 cm³/mol. The Bertz CT molecular complexity index is 638. The lowest BCUT2D eigenvalue weighted by atomic mass is 10.0. The molecule has 0 N–H and O–H groups in total. The second kappa shape index (κ2) is 12.4. The average molecular weight is 370 g/mol. The molecule has 0 spiro atoms. The van der Waals surface area contributed by atoms with Gasteiger partial charge in [-0.3, -0.25) is 0 Å². The van der Waals surface area contributed by atoms with Gasteiger partial charge in [0.1, 0.15) is 0 Å². The molecule has 0 atom stereocenters. The third kappa shape index (κ3) is 7.26. The molecule has 0 unspecified atom stereocenters. The third-order valence-corrected chi connectivity index (χ3v) is 4.90. The van der Waals surface area contributed by atoms with Crippen molar-refractivity contribution in [3.8, 4) is 11.5 Å². The van der Waals surface area contributed by atoms with E-state index in [9.17, 15) is 0 Å². The molecule has 0 heterocycles. The third-order valence-electron chi connectivity index (χ3n) is 4.90. The summed E-state index contributed by atoms with van der Waals surface area (Å²) in [7, 11) is 0. The van der Waals surface area contributed by atoms with Gasteiger partial charge >= 0.3 is 0 Å². The largest absolute Gasteiger partial charge is 0.490 e. The summed E-state index contributed by atoms with van der Waals surface area (Å²) in [6, 6.07) is 16.9.